The van der Waals surface area contributed by atoms with Gasteiger partial charge in [0.25, 0.3) is 5.91 Å². The van der Waals surface area contributed by atoms with Gasteiger partial charge in [0.1, 0.15) is 11.5 Å². The number of halogens is 1. The number of amides is 1. The molecule has 0 atom stereocenters. The van der Waals surface area contributed by atoms with Crippen molar-refractivity contribution in [3.63, 3.8) is 0 Å². The maximum absolute atomic E-state index is 13.5. The van der Waals surface area contributed by atoms with Crippen LogP contribution in [0.4, 0.5) is 10.1 Å². The average Bonchev–Trinajstić information content (AvgIpc) is 2.58. The second kappa shape index (κ2) is 8.85. The highest BCUT2D eigenvalue weighted by molar-refractivity contribution is 5.92. The van der Waals surface area contributed by atoms with E-state index in [4.69, 9.17) is 4.74 Å². The summed E-state index contributed by atoms with van der Waals surface area (Å²) in [5.41, 5.74) is 1.58. The third-order valence-corrected chi connectivity index (χ3v) is 3.25. The zero-order valence-corrected chi connectivity index (χ0v) is 13.0. The van der Waals surface area contributed by atoms with Crippen LogP contribution in [0.3, 0.4) is 0 Å². The predicted molar refractivity (Wildman–Crippen MR) is 86.8 cm³/mol. The summed E-state index contributed by atoms with van der Waals surface area (Å²) in [4.78, 5) is 16.1. The smallest absolute Gasteiger partial charge is 0.270 e. The fraction of sp³-hybridized carbons (Fsp3) is 0.294. The maximum atomic E-state index is 13.5. The number of anilines is 1. The number of ether oxygens (including phenoxy) is 1. The van der Waals surface area contributed by atoms with Crippen molar-refractivity contribution >= 4 is 11.6 Å². The van der Waals surface area contributed by atoms with E-state index in [1.165, 1.54) is 6.07 Å². The van der Waals surface area contributed by atoms with Crippen LogP contribution in [0.1, 0.15) is 22.5 Å². The van der Waals surface area contributed by atoms with E-state index in [0.717, 1.165) is 18.7 Å². The number of nitrogens with one attached hydrogen (secondary N) is 2. The number of carbonyl (C=O) groups excluding carboxylic acids is 1. The van der Waals surface area contributed by atoms with Gasteiger partial charge < -0.3 is 15.4 Å². The zero-order chi connectivity index (χ0) is 16.5. The van der Waals surface area contributed by atoms with Crippen molar-refractivity contribution < 1.29 is 13.9 Å². The Kier molecular flexibility index (Phi) is 6.50. The Morgan fingerprint density at radius 2 is 2.09 bits per heavy atom. The largest absolute Gasteiger partial charge is 0.385 e. The first-order valence-electron chi connectivity index (χ1n) is 7.41. The summed E-state index contributed by atoms with van der Waals surface area (Å²) >= 11 is 0. The highest BCUT2D eigenvalue weighted by Crippen LogP contribution is 2.08. The lowest BCUT2D eigenvalue weighted by molar-refractivity contribution is 0.0945. The second-order valence-corrected chi connectivity index (χ2v) is 4.98. The van der Waals surface area contributed by atoms with Crippen molar-refractivity contribution in [2.45, 2.75) is 13.0 Å². The molecular formula is C17H20FN3O2. The first-order chi connectivity index (χ1) is 11.2. The molecule has 23 heavy (non-hydrogen) atoms. The number of methoxy groups -OCH3 is 1. The van der Waals surface area contributed by atoms with Gasteiger partial charge in [-0.1, -0.05) is 18.2 Å². The molecule has 1 aromatic carbocycles. The minimum absolute atomic E-state index is 0.129. The summed E-state index contributed by atoms with van der Waals surface area (Å²) < 4.78 is 18.5. The molecule has 5 nitrogen and oxygen atoms in total. The molecule has 6 heteroatoms. The van der Waals surface area contributed by atoms with Crippen molar-refractivity contribution in [3.8, 4) is 0 Å². The van der Waals surface area contributed by atoms with Crippen LogP contribution in [0.2, 0.25) is 0 Å². The number of nitrogens with zero attached hydrogens (tertiary/aromatic N) is 1. The molecule has 1 aromatic heterocycles. The van der Waals surface area contributed by atoms with Gasteiger partial charge in [-0.15, -0.1) is 0 Å². The first-order valence-corrected chi connectivity index (χ1v) is 7.41. The van der Waals surface area contributed by atoms with Gasteiger partial charge in [0.15, 0.2) is 0 Å². The molecule has 0 fully saturated rings. The van der Waals surface area contributed by atoms with Crippen LogP contribution in [0, 0.1) is 5.82 Å². The van der Waals surface area contributed by atoms with Gasteiger partial charge >= 0.3 is 0 Å². The van der Waals surface area contributed by atoms with E-state index in [2.05, 4.69) is 15.6 Å². The Hall–Kier alpha value is -2.47. The van der Waals surface area contributed by atoms with Crippen molar-refractivity contribution in [1.82, 2.24) is 10.3 Å². The maximum Gasteiger partial charge on any atom is 0.270 e. The van der Waals surface area contributed by atoms with Crippen molar-refractivity contribution in [3.05, 3.63) is 59.7 Å². The lowest BCUT2D eigenvalue weighted by atomic mass is 10.2. The molecule has 0 spiro atoms. The molecule has 0 aliphatic heterocycles. The molecule has 2 N–H and O–H groups in total. The lowest BCUT2D eigenvalue weighted by Crippen LogP contribution is -2.24. The Morgan fingerprint density at radius 3 is 2.78 bits per heavy atom. The van der Waals surface area contributed by atoms with Gasteiger partial charge in [-0.05, 0) is 24.6 Å². The van der Waals surface area contributed by atoms with Crippen molar-refractivity contribution in [2.75, 3.05) is 25.6 Å². The molecule has 0 unspecified atom stereocenters. The number of benzene rings is 1. The molecule has 1 heterocycles. The van der Waals surface area contributed by atoms with Gasteiger partial charge in [0.2, 0.25) is 0 Å². The number of hydrogen-bond acceptors (Lipinski definition) is 4. The van der Waals surface area contributed by atoms with Gasteiger partial charge in [-0.3, -0.25) is 4.79 Å². The third kappa shape index (κ3) is 5.34. The number of hydrogen-bond donors (Lipinski definition) is 2. The molecule has 0 saturated heterocycles. The minimum Gasteiger partial charge on any atom is -0.385 e. The number of rotatable bonds is 8. The molecule has 122 valence electrons. The van der Waals surface area contributed by atoms with Crippen LogP contribution in [0.5, 0.6) is 0 Å². The molecular weight excluding hydrogens is 297 g/mol. The van der Waals surface area contributed by atoms with E-state index in [-0.39, 0.29) is 18.3 Å². The predicted octanol–water partition coefficient (Wildman–Crippen LogP) is 2.60. The van der Waals surface area contributed by atoms with Crippen molar-refractivity contribution in [2.24, 2.45) is 0 Å². The number of pyridine rings is 1. The Balaban J connectivity index is 1.84. The van der Waals surface area contributed by atoms with Crippen LogP contribution in [-0.2, 0) is 11.3 Å². The molecule has 1 amide bonds. The highest BCUT2D eigenvalue weighted by Gasteiger charge is 2.08. The number of carbonyl (C=O) groups is 1. The average molecular weight is 317 g/mol. The Bertz CT molecular complexity index is 632. The highest BCUT2D eigenvalue weighted by atomic mass is 19.1. The van der Waals surface area contributed by atoms with E-state index in [0.29, 0.717) is 17.9 Å². The van der Waals surface area contributed by atoms with Crippen molar-refractivity contribution in [1.29, 1.82) is 0 Å². The molecule has 0 aliphatic carbocycles. The summed E-state index contributed by atoms with van der Waals surface area (Å²) in [6.45, 7) is 1.59. The van der Waals surface area contributed by atoms with E-state index in [1.54, 1.807) is 43.6 Å². The lowest BCUT2D eigenvalue weighted by Gasteiger charge is -2.08. The Labute approximate surface area is 134 Å². The van der Waals surface area contributed by atoms with Gasteiger partial charge in [0, 0.05) is 32.4 Å². The monoisotopic (exact) mass is 317 g/mol. The minimum atomic E-state index is -0.337. The fourth-order valence-corrected chi connectivity index (χ4v) is 1.99. The zero-order valence-electron chi connectivity index (χ0n) is 13.0. The van der Waals surface area contributed by atoms with Crippen LogP contribution in [-0.4, -0.2) is 31.2 Å². The summed E-state index contributed by atoms with van der Waals surface area (Å²) in [6, 6.07) is 9.76. The molecule has 0 saturated carbocycles. The Morgan fingerprint density at radius 1 is 1.26 bits per heavy atom. The summed E-state index contributed by atoms with van der Waals surface area (Å²) in [5, 5.41) is 5.84. The van der Waals surface area contributed by atoms with Gasteiger partial charge in [-0.2, -0.15) is 0 Å². The van der Waals surface area contributed by atoms with E-state index >= 15 is 0 Å². The van der Waals surface area contributed by atoms with Crippen LogP contribution in [0.15, 0.2) is 42.6 Å². The number of aromatic nitrogens is 1. The SMILES string of the molecule is COCCCNc1ccc(C(=O)NCc2ccccc2F)nc1. The second-order valence-electron chi connectivity index (χ2n) is 4.98. The summed E-state index contributed by atoms with van der Waals surface area (Å²) in [7, 11) is 1.66. The first kappa shape index (κ1) is 16.9. The van der Waals surface area contributed by atoms with E-state index in [9.17, 15) is 9.18 Å². The van der Waals surface area contributed by atoms with Gasteiger partial charge in [0.05, 0.1) is 11.9 Å². The molecule has 0 bridgehead atoms. The fourth-order valence-electron chi connectivity index (χ4n) is 1.99. The van der Waals surface area contributed by atoms with Crippen LogP contribution in [0.25, 0.3) is 0 Å². The van der Waals surface area contributed by atoms with E-state index in [1.807, 2.05) is 0 Å². The van der Waals surface area contributed by atoms with E-state index < -0.39 is 0 Å². The molecule has 2 rings (SSSR count). The molecule has 0 radical (unpaired) electrons. The quantitative estimate of drug-likeness (QED) is 0.735. The van der Waals surface area contributed by atoms with Crippen LogP contribution >= 0.6 is 0 Å². The molecule has 2 aromatic rings. The summed E-state index contributed by atoms with van der Waals surface area (Å²) in [6.07, 6.45) is 2.49. The third-order valence-electron chi connectivity index (χ3n) is 3.25. The van der Waals surface area contributed by atoms with Gasteiger partial charge in [-0.25, -0.2) is 9.37 Å². The topological polar surface area (TPSA) is 63.2 Å². The van der Waals surface area contributed by atoms with Crippen LogP contribution < -0.4 is 10.6 Å². The standard InChI is InChI=1S/C17H20FN3O2/c1-23-10-4-9-19-14-7-8-16(20-12-14)17(22)21-11-13-5-2-3-6-15(13)18/h2-3,5-8,12,19H,4,9-11H2,1H3,(H,21,22). The molecule has 0 aliphatic rings. The normalized spacial score (nSPS) is 10.3. The summed E-state index contributed by atoms with van der Waals surface area (Å²) in [5.74, 6) is -0.671.